The molecule has 0 aliphatic rings. The fourth-order valence-electron chi connectivity index (χ4n) is 1.64. The average Bonchev–Trinajstić information content (AvgIpc) is 2.28. The molecule has 0 bridgehead atoms. The van der Waals surface area contributed by atoms with Crippen LogP contribution in [0, 0.1) is 0 Å². The summed E-state index contributed by atoms with van der Waals surface area (Å²) in [6, 6.07) is 9.27. The van der Waals surface area contributed by atoms with E-state index < -0.39 is 10.0 Å². The molecule has 102 valence electrons. The number of sulfonamides is 1. The van der Waals surface area contributed by atoms with Crippen LogP contribution in [0.5, 0.6) is 0 Å². The number of halogens is 1. The lowest BCUT2D eigenvalue weighted by molar-refractivity contribution is 0.363. The van der Waals surface area contributed by atoms with Gasteiger partial charge in [0, 0.05) is 12.4 Å². The third kappa shape index (κ3) is 5.35. The van der Waals surface area contributed by atoms with Crippen LogP contribution in [-0.4, -0.2) is 45.6 Å². The summed E-state index contributed by atoms with van der Waals surface area (Å²) in [5, 5.41) is 0. The molecule has 18 heavy (non-hydrogen) atoms. The third-order valence-corrected chi connectivity index (χ3v) is 4.22. The molecular formula is C12H19ClN2O2S. The molecule has 0 heterocycles. The van der Waals surface area contributed by atoms with Gasteiger partial charge in [-0.25, -0.2) is 13.1 Å². The molecule has 0 aliphatic carbocycles. The predicted octanol–water partition coefficient (Wildman–Crippen LogP) is 1.45. The van der Waals surface area contributed by atoms with Crippen LogP contribution in [0.25, 0.3) is 0 Å². The minimum absolute atomic E-state index is 0.0642. The van der Waals surface area contributed by atoms with Crippen molar-refractivity contribution in [1.82, 2.24) is 9.62 Å². The van der Waals surface area contributed by atoms with Gasteiger partial charge in [0.2, 0.25) is 10.0 Å². The van der Waals surface area contributed by atoms with Crippen LogP contribution in [0.4, 0.5) is 0 Å². The van der Waals surface area contributed by atoms with Crippen LogP contribution >= 0.6 is 11.6 Å². The van der Waals surface area contributed by atoms with Crippen molar-refractivity contribution in [1.29, 1.82) is 0 Å². The second kappa shape index (κ2) is 7.09. The van der Waals surface area contributed by atoms with Crippen molar-refractivity contribution in [2.75, 3.05) is 32.3 Å². The molecule has 0 radical (unpaired) electrons. The van der Waals surface area contributed by atoms with Crippen molar-refractivity contribution >= 4 is 21.6 Å². The maximum absolute atomic E-state index is 11.8. The molecule has 1 atom stereocenters. The van der Waals surface area contributed by atoms with Gasteiger partial charge in [-0.2, -0.15) is 0 Å². The average molecular weight is 291 g/mol. The second-order valence-corrected chi connectivity index (χ2v) is 6.60. The maximum Gasteiger partial charge on any atom is 0.213 e. The summed E-state index contributed by atoms with van der Waals surface area (Å²) in [4.78, 5) is 1.95. The zero-order valence-corrected chi connectivity index (χ0v) is 12.2. The fourth-order valence-corrected chi connectivity index (χ4v) is 3.21. The Morgan fingerprint density at radius 2 is 1.89 bits per heavy atom. The summed E-state index contributed by atoms with van der Waals surface area (Å²) < 4.78 is 26.3. The molecule has 0 saturated heterocycles. The Morgan fingerprint density at radius 1 is 1.28 bits per heavy atom. The summed E-state index contributed by atoms with van der Waals surface area (Å²) in [5.41, 5.74) is 0.948. The molecule has 0 saturated carbocycles. The molecule has 0 aliphatic heterocycles. The van der Waals surface area contributed by atoms with E-state index in [2.05, 4.69) is 4.72 Å². The highest BCUT2D eigenvalue weighted by Gasteiger charge is 2.19. The van der Waals surface area contributed by atoms with Crippen LogP contribution < -0.4 is 4.72 Å². The largest absolute Gasteiger partial charge is 0.307 e. The lowest BCUT2D eigenvalue weighted by atomic mass is 10.1. The molecule has 4 nitrogen and oxygen atoms in total. The zero-order chi connectivity index (χ0) is 13.6. The summed E-state index contributed by atoms with van der Waals surface area (Å²) >= 11 is 5.49. The lowest BCUT2D eigenvalue weighted by Gasteiger charge is -2.22. The van der Waals surface area contributed by atoms with Gasteiger partial charge in [0.25, 0.3) is 0 Å². The minimum Gasteiger partial charge on any atom is -0.307 e. The van der Waals surface area contributed by atoms with E-state index in [-0.39, 0.29) is 17.7 Å². The Hall–Kier alpha value is -0.620. The highest BCUT2D eigenvalue weighted by atomic mass is 35.5. The molecular weight excluding hydrogens is 272 g/mol. The van der Waals surface area contributed by atoms with Gasteiger partial charge >= 0.3 is 0 Å². The Kier molecular flexibility index (Phi) is 6.08. The molecule has 1 aromatic carbocycles. The third-order valence-electron chi connectivity index (χ3n) is 2.42. The topological polar surface area (TPSA) is 49.4 Å². The normalized spacial score (nSPS) is 13.8. The van der Waals surface area contributed by atoms with E-state index in [1.807, 2.05) is 49.3 Å². The lowest BCUT2D eigenvalue weighted by Crippen LogP contribution is -2.36. The van der Waals surface area contributed by atoms with E-state index in [0.29, 0.717) is 6.54 Å². The molecule has 0 spiro atoms. The van der Waals surface area contributed by atoms with Crippen molar-refractivity contribution in [3.63, 3.8) is 0 Å². The van der Waals surface area contributed by atoms with Crippen LogP contribution in [0.3, 0.4) is 0 Å². The number of alkyl halides is 1. The monoisotopic (exact) mass is 290 g/mol. The number of nitrogens with zero attached hydrogens (tertiary/aromatic N) is 1. The first-order valence-corrected chi connectivity index (χ1v) is 7.89. The highest BCUT2D eigenvalue weighted by Crippen LogP contribution is 2.14. The van der Waals surface area contributed by atoms with Gasteiger partial charge in [-0.05, 0) is 19.7 Å². The van der Waals surface area contributed by atoms with E-state index >= 15 is 0 Å². The molecule has 1 aromatic rings. The zero-order valence-electron chi connectivity index (χ0n) is 10.6. The first-order chi connectivity index (χ1) is 8.44. The fraction of sp³-hybridized carbons (Fsp3) is 0.500. The van der Waals surface area contributed by atoms with E-state index in [1.165, 1.54) is 0 Å². The Balaban J connectivity index is 2.86. The molecule has 1 N–H and O–H groups in total. The van der Waals surface area contributed by atoms with Crippen molar-refractivity contribution in [3.05, 3.63) is 35.9 Å². The number of hydrogen-bond acceptors (Lipinski definition) is 3. The van der Waals surface area contributed by atoms with Crippen molar-refractivity contribution < 1.29 is 8.42 Å². The number of nitrogens with one attached hydrogen (secondary N) is 1. The number of likely N-dealkylation sites (N-methyl/N-ethyl adjacent to an activating group) is 1. The minimum atomic E-state index is -3.33. The number of benzene rings is 1. The maximum atomic E-state index is 11.8. The van der Waals surface area contributed by atoms with Gasteiger partial charge < -0.3 is 4.90 Å². The first-order valence-electron chi connectivity index (χ1n) is 5.70. The quantitative estimate of drug-likeness (QED) is 0.773. The molecule has 6 heteroatoms. The molecule has 1 unspecified atom stereocenters. The van der Waals surface area contributed by atoms with Crippen molar-refractivity contribution in [2.24, 2.45) is 0 Å². The second-order valence-electron chi connectivity index (χ2n) is 4.35. The van der Waals surface area contributed by atoms with Crippen LogP contribution in [0.2, 0.25) is 0 Å². The Labute approximate surface area is 114 Å². The van der Waals surface area contributed by atoms with E-state index in [4.69, 9.17) is 11.6 Å². The smallest absolute Gasteiger partial charge is 0.213 e. The number of hydrogen-bond donors (Lipinski definition) is 1. The van der Waals surface area contributed by atoms with Crippen LogP contribution in [0.15, 0.2) is 30.3 Å². The number of rotatable bonds is 7. The Morgan fingerprint density at radius 3 is 2.39 bits per heavy atom. The Bertz CT molecular complexity index is 448. The molecule has 0 aromatic heterocycles. The SMILES string of the molecule is CN(C)CC(NS(=O)(=O)CCCl)c1ccccc1. The summed E-state index contributed by atoms with van der Waals surface area (Å²) in [6.07, 6.45) is 0. The highest BCUT2D eigenvalue weighted by molar-refractivity contribution is 7.89. The van der Waals surface area contributed by atoms with Gasteiger partial charge in [0.1, 0.15) is 0 Å². The van der Waals surface area contributed by atoms with E-state index in [9.17, 15) is 8.42 Å². The molecule has 0 amide bonds. The van der Waals surface area contributed by atoms with Gasteiger partial charge in [0.15, 0.2) is 0 Å². The standard InChI is InChI=1S/C12H19ClN2O2S/c1-15(2)10-12(11-6-4-3-5-7-11)14-18(16,17)9-8-13/h3-7,12,14H,8-10H2,1-2H3. The predicted molar refractivity (Wildman–Crippen MR) is 75.4 cm³/mol. The first kappa shape index (κ1) is 15.4. The van der Waals surface area contributed by atoms with E-state index in [0.717, 1.165) is 5.56 Å². The summed E-state index contributed by atoms with van der Waals surface area (Å²) in [5.74, 6) is 0.0319. The van der Waals surface area contributed by atoms with Crippen molar-refractivity contribution in [3.8, 4) is 0 Å². The van der Waals surface area contributed by atoms with Crippen molar-refractivity contribution in [2.45, 2.75) is 6.04 Å². The van der Waals surface area contributed by atoms with Gasteiger partial charge in [0.05, 0.1) is 11.8 Å². The molecule has 1 rings (SSSR count). The van der Waals surface area contributed by atoms with Crippen LogP contribution in [-0.2, 0) is 10.0 Å². The molecule has 0 fully saturated rings. The summed E-state index contributed by atoms with van der Waals surface area (Å²) in [7, 11) is 0.484. The summed E-state index contributed by atoms with van der Waals surface area (Å²) in [6.45, 7) is 0.603. The van der Waals surface area contributed by atoms with Gasteiger partial charge in [-0.1, -0.05) is 30.3 Å². The van der Waals surface area contributed by atoms with Gasteiger partial charge in [-0.15, -0.1) is 11.6 Å². The van der Waals surface area contributed by atoms with Gasteiger partial charge in [-0.3, -0.25) is 0 Å². The van der Waals surface area contributed by atoms with Crippen LogP contribution in [0.1, 0.15) is 11.6 Å². The van der Waals surface area contributed by atoms with E-state index in [1.54, 1.807) is 0 Å².